The first-order chi connectivity index (χ1) is 12.6. The van der Waals surface area contributed by atoms with E-state index in [4.69, 9.17) is 9.47 Å². The van der Waals surface area contributed by atoms with Gasteiger partial charge >= 0.3 is 0 Å². The molecular formula is C19H21BrN2O4. The maximum absolute atomic E-state index is 12.3. The fourth-order valence-electron chi connectivity index (χ4n) is 2.15. The smallest absolute Gasteiger partial charge is 0.270 e. The van der Waals surface area contributed by atoms with Gasteiger partial charge in [0.05, 0.1) is 19.3 Å². The molecule has 2 aromatic carbocycles. The lowest BCUT2D eigenvalue weighted by Gasteiger charge is -2.12. The molecular weight excluding hydrogens is 400 g/mol. The molecule has 2 amide bonds. The van der Waals surface area contributed by atoms with Crippen LogP contribution < -0.4 is 20.3 Å². The third kappa shape index (κ3) is 5.23. The van der Waals surface area contributed by atoms with E-state index in [0.717, 1.165) is 12.8 Å². The van der Waals surface area contributed by atoms with Crippen LogP contribution >= 0.6 is 15.9 Å². The van der Waals surface area contributed by atoms with Crippen molar-refractivity contribution in [1.29, 1.82) is 0 Å². The topological polar surface area (TPSA) is 76.7 Å². The number of carbonyl (C=O) groups is 2. The predicted molar refractivity (Wildman–Crippen MR) is 102 cm³/mol. The molecule has 0 radical (unpaired) electrons. The maximum Gasteiger partial charge on any atom is 0.270 e. The molecule has 0 spiro atoms. The third-order valence-electron chi connectivity index (χ3n) is 3.59. The number of ether oxygens (including phenoxy) is 2. The number of hydrazine groups is 1. The minimum atomic E-state index is -0.455. The number of rotatable bonds is 7. The van der Waals surface area contributed by atoms with Gasteiger partial charge in [-0.3, -0.25) is 20.4 Å². The SMILES string of the molecule is CCCCOc1ccc(C(=O)NNC(=O)c2ccccc2Br)cc1OC. The van der Waals surface area contributed by atoms with Crippen molar-refractivity contribution in [2.24, 2.45) is 0 Å². The second kappa shape index (κ2) is 9.82. The van der Waals surface area contributed by atoms with Gasteiger partial charge in [-0.2, -0.15) is 0 Å². The van der Waals surface area contributed by atoms with Crippen LogP contribution in [-0.2, 0) is 0 Å². The lowest BCUT2D eigenvalue weighted by atomic mass is 10.2. The molecule has 0 saturated heterocycles. The zero-order chi connectivity index (χ0) is 18.9. The van der Waals surface area contributed by atoms with E-state index in [9.17, 15) is 9.59 Å². The average Bonchev–Trinajstić information content (AvgIpc) is 2.66. The van der Waals surface area contributed by atoms with E-state index in [1.165, 1.54) is 7.11 Å². The standard InChI is InChI=1S/C19H21BrN2O4/c1-3-4-11-26-16-10-9-13(12-17(16)25-2)18(23)21-22-19(24)14-7-5-6-8-15(14)20/h5-10,12H,3-4,11H2,1-2H3,(H,21,23)(H,22,24). The van der Waals surface area contributed by atoms with Gasteiger partial charge in [-0.05, 0) is 52.7 Å². The van der Waals surface area contributed by atoms with Crippen molar-refractivity contribution in [3.63, 3.8) is 0 Å². The van der Waals surface area contributed by atoms with Crippen LogP contribution in [0.25, 0.3) is 0 Å². The molecule has 7 heteroatoms. The highest BCUT2D eigenvalue weighted by Gasteiger charge is 2.14. The molecule has 0 saturated carbocycles. The highest BCUT2D eigenvalue weighted by atomic mass is 79.9. The van der Waals surface area contributed by atoms with E-state index in [1.54, 1.807) is 42.5 Å². The molecule has 0 heterocycles. The van der Waals surface area contributed by atoms with Crippen LogP contribution in [0.5, 0.6) is 11.5 Å². The van der Waals surface area contributed by atoms with E-state index in [2.05, 4.69) is 33.7 Å². The van der Waals surface area contributed by atoms with E-state index >= 15 is 0 Å². The van der Waals surface area contributed by atoms with Crippen molar-refractivity contribution >= 4 is 27.7 Å². The zero-order valence-corrected chi connectivity index (χ0v) is 16.3. The first kappa shape index (κ1) is 19.8. The van der Waals surface area contributed by atoms with E-state index in [0.29, 0.717) is 33.7 Å². The molecule has 2 aromatic rings. The number of amides is 2. The van der Waals surface area contributed by atoms with Crippen LogP contribution in [0, 0.1) is 0 Å². The molecule has 0 aliphatic carbocycles. The molecule has 0 aliphatic heterocycles. The summed E-state index contributed by atoms with van der Waals surface area (Å²) < 4.78 is 11.6. The van der Waals surface area contributed by atoms with Crippen LogP contribution in [0.2, 0.25) is 0 Å². The van der Waals surface area contributed by atoms with Gasteiger partial charge in [-0.25, -0.2) is 0 Å². The van der Waals surface area contributed by atoms with Crippen LogP contribution in [-0.4, -0.2) is 25.5 Å². The average molecular weight is 421 g/mol. The largest absolute Gasteiger partial charge is 0.493 e. The zero-order valence-electron chi connectivity index (χ0n) is 14.7. The van der Waals surface area contributed by atoms with Crippen LogP contribution in [0.4, 0.5) is 0 Å². The van der Waals surface area contributed by atoms with Crippen LogP contribution in [0.15, 0.2) is 46.9 Å². The molecule has 0 aliphatic rings. The number of halogens is 1. The van der Waals surface area contributed by atoms with Gasteiger partial charge in [0.2, 0.25) is 0 Å². The summed E-state index contributed by atoms with van der Waals surface area (Å²) in [5.74, 6) is 0.168. The maximum atomic E-state index is 12.3. The number of hydrogen-bond donors (Lipinski definition) is 2. The molecule has 0 atom stereocenters. The summed E-state index contributed by atoms with van der Waals surface area (Å²) in [5.41, 5.74) is 5.55. The van der Waals surface area contributed by atoms with Crippen LogP contribution in [0.3, 0.4) is 0 Å². The summed E-state index contributed by atoms with van der Waals surface area (Å²) in [6.45, 7) is 2.66. The Morgan fingerprint density at radius 2 is 1.77 bits per heavy atom. The number of methoxy groups -OCH3 is 1. The van der Waals surface area contributed by atoms with Crippen molar-refractivity contribution in [3.8, 4) is 11.5 Å². The molecule has 0 unspecified atom stereocenters. The molecule has 0 fully saturated rings. The summed E-state index contributed by atoms with van der Waals surface area (Å²) in [6.07, 6.45) is 1.96. The number of hydrogen-bond acceptors (Lipinski definition) is 4. The number of unbranched alkanes of at least 4 members (excludes halogenated alkanes) is 1. The lowest BCUT2D eigenvalue weighted by molar-refractivity contribution is 0.0846. The Hall–Kier alpha value is -2.54. The first-order valence-electron chi connectivity index (χ1n) is 8.22. The summed E-state index contributed by atoms with van der Waals surface area (Å²) in [6, 6.07) is 11.8. The van der Waals surface area contributed by atoms with E-state index < -0.39 is 11.8 Å². The number of benzene rings is 2. The molecule has 26 heavy (non-hydrogen) atoms. The van der Waals surface area contributed by atoms with Crippen molar-refractivity contribution in [2.75, 3.05) is 13.7 Å². The van der Waals surface area contributed by atoms with Gasteiger partial charge in [0.1, 0.15) is 0 Å². The summed E-state index contributed by atoms with van der Waals surface area (Å²) in [4.78, 5) is 24.4. The van der Waals surface area contributed by atoms with Crippen molar-refractivity contribution in [1.82, 2.24) is 10.9 Å². The Balaban J connectivity index is 2.00. The third-order valence-corrected chi connectivity index (χ3v) is 4.28. The normalized spacial score (nSPS) is 10.1. The van der Waals surface area contributed by atoms with E-state index in [-0.39, 0.29) is 0 Å². The Labute approximate surface area is 161 Å². The highest BCUT2D eigenvalue weighted by Crippen LogP contribution is 2.28. The summed E-state index contributed by atoms with van der Waals surface area (Å²) in [5, 5.41) is 0. The molecule has 6 nitrogen and oxygen atoms in total. The first-order valence-corrected chi connectivity index (χ1v) is 9.02. The Kier molecular flexibility index (Phi) is 7.47. The monoisotopic (exact) mass is 420 g/mol. The van der Waals surface area contributed by atoms with E-state index in [1.807, 2.05) is 0 Å². The van der Waals surface area contributed by atoms with Crippen molar-refractivity contribution in [2.45, 2.75) is 19.8 Å². The Bertz CT molecular complexity index is 780. The second-order valence-electron chi connectivity index (χ2n) is 5.46. The second-order valence-corrected chi connectivity index (χ2v) is 6.31. The highest BCUT2D eigenvalue weighted by molar-refractivity contribution is 9.10. The molecule has 0 bridgehead atoms. The van der Waals surface area contributed by atoms with Gasteiger partial charge < -0.3 is 9.47 Å². The quantitative estimate of drug-likeness (QED) is 0.528. The minimum absolute atomic E-state index is 0.345. The van der Waals surface area contributed by atoms with Gasteiger partial charge in [0.25, 0.3) is 11.8 Å². The molecule has 2 rings (SSSR count). The fourth-order valence-corrected chi connectivity index (χ4v) is 2.62. The summed E-state index contributed by atoms with van der Waals surface area (Å²) in [7, 11) is 1.51. The van der Waals surface area contributed by atoms with Crippen molar-refractivity contribution in [3.05, 3.63) is 58.1 Å². The Morgan fingerprint density at radius 1 is 1.04 bits per heavy atom. The van der Waals surface area contributed by atoms with Gasteiger partial charge in [-0.15, -0.1) is 0 Å². The Morgan fingerprint density at radius 3 is 2.46 bits per heavy atom. The van der Waals surface area contributed by atoms with Gasteiger partial charge in [-0.1, -0.05) is 25.5 Å². The number of carbonyl (C=O) groups excluding carboxylic acids is 2. The van der Waals surface area contributed by atoms with Gasteiger partial charge in [0.15, 0.2) is 11.5 Å². The number of nitrogens with one attached hydrogen (secondary N) is 2. The molecule has 2 N–H and O–H groups in total. The van der Waals surface area contributed by atoms with Crippen LogP contribution in [0.1, 0.15) is 40.5 Å². The molecule has 0 aromatic heterocycles. The predicted octanol–water partition coefficient (Wildman–Crippen LogP) is 3.71. The van der Waals surface area contributed by atoms with Gasteiger partial charge in [0, 0.05) is 10.0 Å². The fraction of sp³-hybridized carbons (Fsp3) is 0.263. The minimum Gasteiger partial charge on any atom is -0.493 e. The summed E-state index contributed by atoms with van der Waals surface area (Å²) >= 11 is 3.30. The molecule has 138 valence electrons. The lowest BCUT2D eigenvalue weighted by Crippen LogP contribution is -2.41. The van der Waals surface area contributed by atoms with Crippen molar-refractivity contribution < 1.29 is 19.1 Å².